The molecule has 1 aliphatic heterocycles. The molecular formula is C19H19ClN6O. The number of hydrogen-bond donors (Lipinski definition) is 2. The number of carbonyl (C=O) groups is 1. The number of amides is 1. The van der Waals surface area contributed by atoms with Crippen molar-refractivity contribution < 1.29 is 4.79 Å². The number of H-pyrrole nitrogens is 1. The zero-order valence-corrected chi connectivity index (χ0v) is 15.4. The number of likely N-dealkylation sites (tertiary alicyclic amines) is 1. The van der Waals surface area contributed by atoms with Crippen molar-refractivity contribution in [3.63, 3.8) is 0 Å². The average molecular weight is 383 g/mol. The third-order valence-corrected chi connectivity index (χ3v) is 5.05. The topological polar surface area (TPSA) is 101 Å². The molecule has 1 atom stereocenters. The summed E-state index contributed by atoms with van der Waals surface area (Å²) < 4.78 is 0. The number of carbonyl (C=O) groups excluding carboxylic acids is 1. The van der Waals surface area contributed by atoms with E-state index in [1.807, 2.05) is 29.2 Å². The number of hydrogen-bond acceptors (Lipinski definition) is 5. The molecule has 0 saturated carbocycles. The second-order valence-electron chi connectivity index (χ2n) is 6.51. The van der Waals surface area contributed by atoms with Gasteiger partial charge in [-0.15, -0.1) is 0 Å². The second-order valence-corrected chi connectivity index (χ2v) is 6.95. The van der Waals surface area contributed by atoms with Gasteiger partial charge in [-0.25, -0.2) is 9.97 Å². The lowest BCUT2D eigenvalue weighted by Gasteiger charge is -2.36. The van der Waals surface area contributed by atoms with Gasteiger partial charge >= 0.3 is 0 Å². The van der Waals surface area contributed by atoms with E-state index in [1.54, 1.807) is 18.5 Å². The highest BCUT2D eigenvalue weighted by Gasteiger charge is 2.32. The van der Waals surface area contributed by atoms with Crippen LogP contribution in [0.3, 0.4) is 0 Å². The molecule has 1 aliphatic rings. The average Bonchev–Trinajstić information content (AvgIpc) is 3.23. The monoisotopic (exact) mass is 382 g/mol. The van der Waals surface area contributed by atoms with E-state index >= 15 is 0 Å². The molecule has 1 aromatic carbocycles. The Morgan fingerprint density at radius 1 is 1.22 bits per heavy atom. The van der Waals surface area contributed by atoms with Crippen molar-refractivity contribution in [2.45, 2.75) is 25.3 Å². The lowest BCUT2D eigenvalue weighted by Crippen LogP contribution is -2.39. The summed E-state index contributed by atoms with van der Waals surface area (Å²) in [6.45, 7) is 0.659. The Morgan fingerprint density at radius 3 is 2.78 bits per heavy atom. The predicted molar refractivity (Wildman–Crippen MR) is 103 cm³/mol. The highest BCUT2D eigenvalue weighted by atomic mass is 35.5. The number of aromatic amines is 1. The van der Waals surface area contributed by atoms with Gasteiger partial charge in [-0.3, -0.25) is 9.89 Å². The maximum Gasteiger partial charge on any atom is 0.272 e. The zero-order valence-electron chi connectivity index (χ0n) is 14.6. The number of benzene rings is 1. The summed E-state index contributed by atoms with van der Waals surface area (Å²) in [5, 5.41) is 7.31. The molecule has 2 aromatic heterocycles. The molecule has 8 heteroatoms. The minimum Gasteiger partial charge on any atom is -0.368 e. The maximum absolute atomic E-state index is 13.0. The van der Waals surface area contributed by atoms with Crippen LogP contribution in [0.15, 0.2) is 42.7 Å². The van der Waals surface area contributed by atoms with Crippen molar-refractivity contribution in [2.24, 2.45) is 0 Å². The molecule has 1 amide bonds. The zero-order chi connectivity index (χ0) is 18.8. The van der Waals surface area contributed by atoms with Crippen LogP contribution in [0.5, 0.6) is 0 Å². The van der Waals surface area contributed by atoms with Gasteiger partial charge in [0, 0.05) is 29.5 Å². The third-order valence-electron chi connectivity index (χ3n) is 4.80. The van der Waals surface area contributed by atoms with Gasteiger partial charge < -0.3 is 10.6 Å². The number of nitrogen functional groups attached to an aromatic ring is 1. The van der Waals surface area contributed by atoms with E-state index in [4.69, 9.17) is 17.3 Å². The second kappa shape index (κ2) is 7.36. The molecule has 0 aliphatic carbocycles. The van der Waals surface area contributed by atoms with E-state index in [1.165, 1.54) is 0 Å². The molecular weight excluding hydrogens is 364 g/mol. The Hall–Kier alpha value is -2.93. The van der Waals surface area contributed by atoms with Gasteiger partial charge in [0.25, 0.3) is 5.91 Å². The quantitative estimate of drug-likeness (QED) is 0.722. The molecule has 1 fully saturated rings. The fourth-order valence-electron chi connectivity index (χ4n) is 3.50. The van der Waals surface area contributed by atoms with Crippen molar-refractivity contribution in [1.29, 1.82) is 0 Å². The van der Waals surface area contributed by atoms with Gasteiger partial charge in [-0.05, 0) is 43.0 Å². The summed E-state index contributed by atoms with van der Waals surface area (Å²) in [5.74, 6) is 0.110. The first kappa shape index (κ1) is 17.5. The van der Waals surface area contributed by atoms with E-state index in [-0.39, 0.29) is 17.9 Å². The minimum atomic E-state index is -0.175. The van der Waals surface area contributed by atoms with E-state index in [0.29, 0.717) is 17.3 Å². The summed E-state index contributed by atoms with van der Waals surface area (Å²) in [6.07, 6.45) is 6.08. The van der Waals surface area contributed by atoms with Gasteiger partial charge in [0.05, 0.1) is 11.7 Å². The lowest BCUT2D eigenvalue weighted by molar-refractivity contribution is 0.0600. The number of rotatable bonds is 3. The Kier molecular flexibility index (Phi) is 4.77. The molecule has 138 valence electrons. The molecule has 3 heterocycles. The Labute approximate surface area is 161 Å². The van der Waals surface area contributed by atoms with Crippen molar-refractivity contribution >= 4 is 23.5 Å². The summed E-state index contributed by atoms with van der Waals surface area (Å²) in [7, 11) is 0. The van der Waals surface area contributed by atoms with Crippen LogP contribution >= 0.6 is 11.6 Å². The van der Waals surface area contributed by atoms with Crippen LogP contribution in [0.2, 0.25) is 5.02 Å². The van der Waals surface area contributed by atoms with E-state index in [0.717, 1.165) is 36.1 Å². The van der Waals surface area contributed by atoms with Crippen LogP contribution in [-0.2, 0) is 0 Å². The number of piperidine rings is 1. The number of nitrogens with zero attached hydrogens (tertiary/aromatic N) is 4. The molecule has 1 unspecified atom stereocenters. The van der Waals surface area contributed by atoms with Crippen molar-refractivity contribution in [2.75, 3.05) is 12.3 Å². The standard InChI is InChI=1S/C19H19ClN6O/c20-13-6-4-12(5-7-13)14-11-22-19(21)24-17(14)16-3-1-2-10-26(16)18(27)15-8-9-23-25-15/h4-9,11,16H,1-3,10H2,(H,23,25)(H2,21,22,24). The SMILES string of the molecule is Nc1ncc(-c2ccc(Cl)cc2)c(C2CCCCN2C(=O)c2ccn[nH]2)n1. The summed E-state index contributed by atoms with van der Waals surface area (Å²) in [5.41, 5.74) is 8.92. The number of aromatic nitrogens is 4. The van der Waals surface area contributed by atoms with Gasteiger partial charge in [0.15, 0.2) is 0 Å². The molecule has 7 nitrogen and oxygen atoms in total. The van der Waals surface area contributed by atoms with Crippen LogP contribution in [0.4, 0.5) is 5.95 Å². The smallest absolute Gasteiger partial charge is 0.272 e. The van der Waals surface area contributed by atoms with Gasteiger partial charge in [0.2, 0.25) is 5.95 Å². The number of anilines is 1. The Balaban J connectivity index is 1.77. The number of nitrogens with two attached hydrogens (primary N) is 1. The molecule has 0 radical (unpaired) electrons. The van der Waals surface area contributed by atoms with Gasteiger partial charge in [-0.1, -0.05) is 23.7 Å². The van der Waals surface area contributed by atoms with Crippen LogP contribution < -0.4 is 5.73 Å². The first-order valence-corrected chi connectivity index (χ1v) is 9.20. The van der Waals surface area contributed by atoms with Crippen LogP contribution in [0.1, 0.15) is 41.5 Å². The molecule has 3 N–H and O–H groups in total. The van der Waals surface area contributed by atoms with Crippen molar-refractivity contribution in [1.82, 2.24) is 25.1 Å². The Bertz CT molecular complexity index is 941. The molecule has 27 heavy (non-hydrogen) atoms. The fourth-order valence-corrected chi connectivity index (χ4v) is 3.63. The maximum atomic E-state index is 13.0. The van der Waals surface area contributed by atoms with Crippen molar-refractivity contribution in [3.8, 4) is 11.1 Å². The number of halogens is 1. The molecule has 4 rings (SSSR count). The number of nitrogens with one attached hydrogen (secondary N) is 1. The normalized spacial score (nSPS) is 17.1. The van der Waals surface area contributed by atoms with E-state index in [2.05, 4.69) is 20.2 Å². The largest absolute Gasteiger partial charge is 0.368 e. The molecule has 0 spiro atoms. The first-order chi connectivity index (χ1) is 13.1. The van der Waals surface area contributed by atoms with Crippen molar-refractivity contribution in [3.05, 3.63) is 59.1 Å². The first-order valence-electron chi connectivity index (χ1n) is 8.82. The molecule has 3 aromatic rings. The summed E-state index contributed by atoms with van der Waals surface area (Å²) in [6, 6.07) is 9.00. The van der Waals surface area contributed by atoms with E-state index < -0.39 is 0 Å². The van der Waals surface area contributed by atoms with E-state index in [9.17, 15) is 4.79 Å². The minimum absolute atomic E-state index is 0.0866. The fraction of sp³-hybridized carbons (Fsp3) is 0.263. The van der Waals surface area contributed by atoms with Crippen LogP contribution in [-0.4, -0.2) is 37.5 Å². The third kappa shape index (κ3) is 3.50. The summed E-state index contributed by atoms with van der Waals surface area (Å²) in [4.78, 5) is 23.5. The van der Waals surface area contributed by atoms with Gasteiger partial charge in [0.1, 0.15) is 5.69 Å². The molecule has 0 bridgehead atoms. The van der Waals surface area contributed by atoms with Gasteiger partial charge in [-0.2, -0.15) is 5.10 Å². The highest BCUT2D eigenvalue weighted by molar-refractivity contribution is 6.30. The summed E-state index contributed by atoms with van der Waals surface area (Å²) >= 11 is 6.02. The Morgan fingerprint density at radius 2 is 2.04 bits per heavy atom. The highest BCUT2D eigenvalue weighted by Crippen LogP contribution is 2.36. The predicted octanol–water partition coefficient (Wildman–Crippen LogP) is 3.47. The van der Waals surface area contributed by atoms with Crippen LogP contribution in [0, 0.1) is 0 Å². The van der Waals surface area contributed by atoms with Crippen LogP contribution in [0.25, 0.3) is 11.1 Å². The molecule has 1 saturated heterocycles. The lowest BCUT2D eigenvalue weighted by atomic mass is 9.93.